The van der Waals surface area contributed by atoms with Crippen molar-refractivity contribution in [1.29, 1.82) is 0 Å². The highest BCUT2D eigenvalue weighted by molar-refractivity contribution is 7.92. The molecule has 0 bridgehead atoms. The number of carboxylic acids is 1. The molecule has 10 heteroatoms. The van der Waals surface area contributed by atoms with E-state index in [1.165, 1.54) is 24.9 Å². The molecule has 1 heterocycles. The Hall–Kier alpha value is -2.49. The van der Waals surface area contributed by atoms with Gasteiger partial charge in [-0.2, -0.15) is 5.10 Å². The Morgan fingerprint density at radius 2 is 1.86 bits per heavy atom. The minimum absolute atomic E-state index is 0.155. The second-order valence-corrected chi connectivity index (χ2v) is 6.13. The van der Waals surface area contributed by atoms with Crippen molar-refractivity contribution in [2.45, 2.75) is 11.8 Å². The first-order valence-electron chi connectivity index (χ1n) is 5.87. The topological polar surface area (TPSA) is 101 Å². The van der Waals surface area contributed by atoms with Crippen molar-refractivity contribution in [2.75, 3.05) is 4.72 Å². The van der Waals surface area contributed by atoms with E-state index in [1.54, 1.807) is 0 Å². The van der Waals surface area contributed by atoms with Gasteiger partial charge in [-0.15, -0.1) is 0 Å². The predicted molar refractivity (Wildman–Crippen MR) is 72.1 cm³/mol. The maximum atomic E-state index is 13.6. The molecule has 1 aromatic heterocycles. The molecule has 0 unspecified atom stereocenters. The fraction of sp³-hybridized carbons (Fsp3) is 0.167. The minimum atomic E-state index is -4.10. The van der Waals surface area contributed by atoms with Crippen LogP contribution in [0.15, 0.2) is 23.2 Å². The van der Waals surface area contributed by atoms with Gasteiger partial charge in [-0.25, -0.2) is 22.0 Å². The maximum absolute atomic E-state index is 13.6. The quantitative estimate of drug-likeness (QED) is 0.884. The summed E-state index contributed by atoms with van der Waals surface area (Å²) in [5.74, 6) is -4.55. The zero-order valence-corrected chi connectivity index (χ0v) is 12.3. The molecule has 0 amide bonds. The average molecular weight is 331 g/mol. The van der Waals surface area contributed by atoms with Crippen LogP contribution in [0.3, 0.4) is 0 Å². The van der Waals surface area contributed by atoms with Crippen LogP contribution in [0.2, 0.25) is 0 Å². The van der Waals surface area contributed by atoms with Gasteiger partial charge in [0.15, 0.2) is 0 Å². The molecule has 0 spiro atoms. The first-order valence-corrected chi connectivity index (χ1v) is 7.35. The van der Waals surface area contributed by atoms with Crippen molar-refractivity contribution < 1.29 is 27.1 Å². The fourth-order valence-corrected chi connectivity index (χ4v) is 3.15. The van der Waals surface area contributed by atoms with E-state index in [4.69, 9.17) is 5.11 Å². The van der Waals surface area contributed by atoms with E-state index in [2.05, 4.69) is 5.10 Å². The number of hydrogen-bond donors (Lipinski definition) is 2. The number of anilines is 1. The van der Waals surface area contributed by atoms with E-state index >= 15 is 0 Å². The summed E-state index contributed by atoms with van der Waals surface area (Å²) >= 11 is 0. The molecule has 118 valence electrons. The molecular formula is C12H11F2N3O4S. The predicted octanol–water partition coefficient (Wildman–Crippen LogP) is 1.51. The van der Waals surface area contributed by atoms with Crippen molar-refractivity contribution >= 4 is 21.7 Å². The number of carbonyl (C=O) groups is 1. The van der Waals surface area contributed by atoms with Gasteiger partial charge in [0.2, 0.25) is 0 Å². The van der Waals surface area contributed by atoms with Crippen LogP contribution in [0.4, 0.5) is 14.5 Å². The first-order chi connectivity index (χ1) is 10.1. The van der Waals surface area contributed by atoms with Crippen LogP contribution in [0, 0.1) is 18.6 Å². The van der Waals surface area contributed by atoms with E-state index in [9.17, 15) is 22.0 Å². The van der Waals surface area contributed by atoms with Gasteiger partial charge in [0.1, 0.15) is 22.1 Å². The lowest BCUT2D eigenvalue weighted by Crippen LogP contribution is -2.15. The summed E-state index contributed by atoms with van der Waals surface area (Å²) in [5, 5.41) is 12.5. The Bertz CT molecular complexity index is 838. The summed E-state index contributed by atoms with van der Waals surface area (Å²) in [6.45, 7) is 1.46. The summed E-state index contributed by atoms with van der Waals surface area (Å²) in [7, 11) is -2.58. The molecule has 0 aliphatic rings. The molecule has 0 radical (unpaired) electrons. The van der Waals surface area contributed by atoms with E-state index < -0.39 is 38.9 Å². The lowest BCUT2D eigenvalue weighted by Gasteiger charge is -2.08. The van der Waals surface area contributed by atoms with Gasteiger partial charge in [0.25, 0.3) is 10.0 Å². The highest BCUT2D eigenvalue weighted by Gasteiger charge is 2.23. The van der Waals surface area contributed by atoms with Crippen LogP contribution in [0.5, 0.6) is 0 Å². The highest BCUT2D eigenvalue weighted by atomic mass is 32.2. The molecule has 0 atom stereocenters. The Labute approximate surface area is 124 Å². The molecule has 0 saturated carbocycles. The lowest BCUT2D eigenvalue weighted by atomic mass is 10.2. The second-order valence-electron chi connectivity index (χ2n) is 4.48. The zero-order chi connectivity index (χ0) is 16.7. The summed E-state index contributed by atoms with van der Waals surface area (Å²) in [5.41, 5.74) is -1.37. The van der Waals surface area contributed by atoms with Gasteiger partial charge in [0.05, 0.1) is 11.4 Å². The van der Waals surface area contributed by atoms with Gasteiger partial charge in [-0.1, -0.05) is 0 Å². The standard InChI is InChI=1S/C12H11F2N3O4S/c1-6-10(5-17(2)15-6)22(20,21)16-7-3-8(13)11(12(18)19)9(14)4-7/h3-5,16H,1-2H3,(H,18,19). The number of aromatic carboxylic acids is 1. The van der Waals surface area contributed by atoms with Crippen LogP contribution in [0.25, 0.3) is 0 Å². The third kappa shape index (κ3) is 2.91. The van der Waals surface area contributed by atoms with E-state index in [1.807, 2.05) is 4.72 Å². The summed E-state index contributed by atoms with van der Waals surface area (Å²) in [4.78, 5) is 10.5. The SMILES string of the molecule is Cc1nn(C)cc1S(=O)(=O)Nc1cc(F)c(C(=O)O)c(F)c1. The Morgan fingerprint density at radius 3 is 2.27 bits per heavy atom. The van der Waals surface area contributed by atoms with Gasteiger partial charge >= 0.3 is 5.97 Å². The average Bonchev–Trinajstić information content (AvgIpc) is 2.67. The molecule has 0 aliphatic carbocycles. The van der Waals surface area contributed by atoms with Crippen LogP contribution >= 0.6 is 0 Å². The Kier molecular flexibility index (Phi) is 3.88. The Morgan fingerprint density at radius 1 is 1.32 bits per heavy atom. The summed E-state index contributed by atoms with van der Waals surface area (Å²) in [6.07, 6.45) is 1.23. The molecule has 0 saturated heterocycles. The number of nitrogens with one attached hydrogen (secondary N) is 1. The summed E-state index contributed by atoms with van der Waals surface area (Å²) in [6, 6.07) is 1.19. The maximum Gasteiger partial charge on any atom is 0.341 e. The van der Waals surface area contributed by atoms with Gasteiger partial charge in [0, 0.05) is 13.2 Å². The number of carboxylic acid groups (broad SMARTS) is 1. The van der Waals surface area contributed by atoms with Crippen LogP contribution < -0.4 is 4.72 Å². The number of halogens is 2. The summed E-state index contributed by atoms with van der Waals surface area (Å²) < 4.78 is 54.7. The number of aryl methyl sites for hydroxylation is 2. The van der Waals surface area contributed by atoms with Crippen molar-refractivity contribution in [3.8, 4) is 0 Å². The molecule has 7 nitrogen and oxygen atoms in total. The van der Waals surface area contributed by atoms with Gasteiger partial charge in [-0.3, -0.25) is 9.40 Å². The van der Waals surface area contributed by atoms with Gasteiger partial charge < -0.3 is 5.11 Å². The number of rotatable bonds is 4. The van der Waals surface area contributed by atoms with Crippen LogP contribution in [0.1, 0.15) is 16.1 Å². The molecule has 2 aromatic rings. The third-order valence-electron chi connectivity index (χ3n) is 2.77. The molecule has 22 heavy (non-hydrogen) atoms. The smallest absolute Gasteiger partial charge is 0.341 e. The molecule has 2 rings (SSSR count). The largest absolute Gasteiger partial charge is 0.477 e. The fourth-order valence-electron chi connectivity index (χ4n) is 1.89. The van der Waals surface area contributed by atoms with Crippen molar-refractivity contribution in [2.24, 2.45) is 7.05 Å². The van der Waals surface area contributed by atoms with E-state index in [0.29, 0.717) is 12.1 Å². The zero-order valence-electron chi connectivity index (χ0n) is 11.5. The molecule has 0 aliphatic heterocycles. The molecule has 1 aromatic carbocycles. The lowest BCUT2D eigenvalue weighted by molar-refractivity contribution is 0.0686. The molecular weight excluding hydrogens is 320 g/mol. The Balaban J connectivity index is 2.43. The minimum Gasteiger partial charge on any atom is -0.477 e. The van der Waals surface area contributed by atoms with E-state index in [-0.39, 0.29) is 10.6 Å². The first kappa shape index (κ1) is 15.9. The molecule has 0 fully saturated rings. The molecule has 2 N–H and O–H groups in total. The van der Waals surface area contributed by atoms with Gasteiger partial charge in [-0.05, 0) is 19.1 Å². The van der Waals surface area contributed by atoms with Crippen LogP contribution in [-0.2, 0) is 17.1 Å². The number of aromatic nitrogens is 2. The number of hydrogen-bond acceptors (Lipinski definition) is 4. The monoisotopic (exact) mass is 331 g/mol. The van der Waals surface area contributed by atoms with Crippen LogP contribution in [-0.4, -0.2) is 29.3 Å². The van der Waals surface area contributed by atoms with Crippen molar-refractivity contribution in [1.82, 2.24) is 9.78 Å². The number of sulfonamides is 1. The van der Waals surface area contributed by atoms with E-state index in [0.717, 1.165) is 0 Å². The number of nitrogens with zero attached hydrogens (tertiary/aromatic N) is 2. The number of benzene rings is 1. The normalized spacial score (nSPS) is 11.5. The second kappa shape index (κ2) is 5.37. The van der Waals surface area contributed by atoms with Crippen molar-refractivity contribution in [3.63, 3.8) is 0 Å². The van der Waals surface area contributed by atoms with Crippen molar-refractivity contribution in [3.05, 3.63) is 41.2 Å². The third-order valence-corrected chi connectivity index (χ3v) is 4.25. The highest BCUT2D eigenvalue weighted by Crippen LogP contribution is 2.22.